The van der Waals surface area contributed by atoms with Gasteiger partial charge < -0.3 is 14.9 Å². The number of fused-ring (bicyclic) bond motifs is 1. The number of benzene rings is 1. The lowest BCUT2D eigenvalue weighted by Crippen LogP contribution is -2.28. The van der Waals surface area contributed by atoms with Gasteiger partial charge in [0.25, 0.3) is 0 Å². The molecule has 0 amide bonds. The number of rotatable bonds is 4. The highest BCUT2D eigenvalue weighted by Crippen LogP contribution is 2.36. The first kappa shape index (κ1) is 12.9. The monoisotopic (exact) mass is 300 g/mol. The summed E-state index contributed by atoms with van der Waals surface area (Å²) in [5, 5.41) is 18.7. The molecule has 1 aromatic rings. The summed E-state index contributed by atoms with van der Waals surface area (Å²) in [6.45, 7) is 2.51. The number of halogens is 1. The second-order valence-corrected chi connectivity index (χ2v) is 5.87. The molecule has 1 aliphatic heterocycles. The van der Waals surface area contributed by atoms with Crippen LogP contribution in [-0.4, -0.2) is 30.0 Å². The fourth-order valence-electron chi connectivity index (χ4n) is 2.10. The van der Waals surface area contributed by atoms with Crippen molar-refractivity contribution in [2.75, 3.05) is 19.8 Å². The molecule has 1 heterocycles. The number of hydrogen-bond donors (Lipinski definition) is 2. The molecule has 17 heavy (non-hydrogen) atoms. The van der Waals surface area contributed by atoms with Crippen molar-refractivity contribution in [2.24, 2.45) is 5.41 Å². The van der Waals surface area contributed by atoms with Crippen LogP contribution in [0.1, 0.15) is 18.1 Å². The first-order valence-electron chi connectivity index (χ1n) is 5.74. The molecule has 0 aliphatic carbocycles. The first-order valence-corrected chi connectivity index (χ1v) is 6.53. The van der Waals surface area contributed by atoms with Crippen LogP contribution in [0.5, 0.6) is 5.75 Å². The standard InChI is InChI=1S/C13H17BrO3/c1-13(7-15,8-16)6-10-5-11(14)4-9-2-3-17-12(9)10/h4-5,15-16H,2-3,6-8H2,1H3. The van der Waals surface area contributed by atoms with Crippen LogP contribution in [0.2, 0.25) is 0 Å². The van der Waals surface area contributed by atoms with Gasteiger partial charge in [0.15, 0.2) is 0 Å². The van der Waals surface area contributed by atoms with Gasteiger partial charge in [-0.2, -0.15) is 0 Å². The van der Waals surface area contributed by atoms with Crippen LogP contribution in [0.25, 0.3) is 0 Å². The predicted octanol–water partition coefficient (Wildman–Crippen LogP) is 1.92. The lowest BCUT2D eigenvalue weighted by atomic mass is 9.84. The van der Waals surface area contributed by atoms with Crippen molar-refractivity contribution in [1.82, 2.24) is 0 Å². The molecule has 0 atom stereocenters. The van der Waals surface area contributed by atoms with Crippen molar-refractivity contribution in [3.05, 3.63) is 27.7 Å². The molecule has 0 saturated heterocycles. The van der Waals surface area contributed by atoms with Crippen LogP contribution in [0.4, 0.5) is 0 Å². The maximum absolute atomic E-state index is 9.35. The summed E-state index contributed by atoms with van der Waals surface area (Å²) in [4.78, 5) is 0. The largest absolute Gasteiger partial charge is 0.493 e. The maximum atomic E-state index is 9.35. The molecule has 0 unspecified atom stereocenters. The SMILES string of the molecule is CC(CO)(CO)Cc1cc(Br)cc2c1OCC2. The van der Waals surface area contributed by atoms with Crippen molar-refractivity contribution in [2.45, 2.75) is 19.8 Å². The zero-order valence-corrected chi connectivity index (χ0v) is 11.5. The molecule has 1 aromatic carbocycles. The lowest BCUT2D eigenvalue weighted by molar-refractivity contribution is 0.0699. The molecule has 4 heteroatoms. The van der Waals surface area contributed by atoms with E-state index in [0.717, 1.165) is 22.2 Å². The van der Waals surface area contributed by atoms with E-state index in [1.54, 1.807) is 0 Å². The van der Waals surface area contributed by atoms with Crippen LogP contribution in [0.15, 0.2) is 16.6 Å². The average Bonchev–Trinajstić information content (AvgIpc) is 2.77. The van der Waals surface area contributed by atoms with Crippen molar-refractivity contribution < 1.29 is 14.9 Å². The van der Waals surface area contributed by atoms with Gasteiger partial charge in [0.1, 0.15) is 5.75 Å². The van der Waals surface area contributed by atoms with Crippen molar-refractivity contribution >= 4 is 15.9 Å². The Morgan fingerprint density at radius 2 is 2.06 bits per heavy atom. The summed E-state index contributed by atoms with van der Waals surface area (Å²) in [6.07, 6.45) is 1.54. The van der Waals surface area contributed by atoms with E-state index in [1.165, 1.54) is 5.56 Å². The molecule has 0 spiro atoms. The van der Waals surface area contributed by atoms with Gasteiger partial charge in [0.2, 0.25) is 0 Å². The van der Waals surface area contributed by atoms with Crippen LogP contribution in [-0.2, 0) is 12.8 Å². The Morgan fingerprint density at radius 1 is 1.35 bits per heavy atom. The summed E-state index contributed by atoms with van der Waals surface area (Å²) >= 11 is 3.49. The van der Waals surface area contributed by atoms with E-state index in [2.05, 4.69) is 22.0 Å². The summed E-state index contributed by atoms with van der Waals surface area (Å²) in [7, 11) is 0. The third-order valence-corrected chi connectivity index (χ3v) is 3.66. The minimum absolute atomic E-state index is 0.0369. The second kappa shape index (κ2) is 4.96. The summed E-state index contributed by atoms with van der Waals surface area (Å²) in [6, 6.07) is 4.08. The van der Waals surface area contributed by atoms with Gasteiger partial charge in [0, 0.05) is 16.3 Å². The molecule has 0 bridgehead atoms. The van der Waals surface area contributed by atoms with E-state index < -0.39 is 5.41 Å². The van der Waals surface area contributed by atoms with Crippen LogP contribution in [0.3, 0.4) is 0 Å². The number of hydrogen-bond acceptors (Lipinski definition) is 3. The van der Waals surface area contributed by atoms with Gasteiger partial charge in [0.05, 0.1) is 19.8 Å². The third kappa shape index (κ3) is 2.64. The zero-order valence-electron chi connectivity index (χ0n) is 9.87. The van der Waals surface area contributed by atoms with Gasteiger partial charge in [-0.05, 0) is 29.7 Å². The predicted molar refractivity (Wildman–Crippen MR) is 69.3 cm³/mol. The minimum Gasteiger partial charge on any atom is -0.493 e. The molecular formula is C13H17BrO3. The number of aliphatic hydroxyl groups excluding tert-OH is 2. The fraction of sp³-hybridized carbons (Fsp3) is 0.538. The summed E-state index contributed by atoms with van der Waals surface area (Å²) < 4.78 is 6.66. The van der Waals surface area contributed by atoms with Crippen LogP contribution in [0, 0.1) is 5.41 Å². The molecule has 3 nitrogen and oxygen atoms in total. The lowest BCUT2D eigenvalue weighted by Gasteiger charge is -2.25. The van der Waals surface area contributed by atoms with Gasteiger partial charge in [-0.25, -0.2) is 0 Å². The van der Waals surface area contributed by atoms with Gasteiger partial charge in [-0.1, -0.05) is 22.9 Å². The van der Waals surface area contributed by atoms with Gasteiger partial charge in [-0.3, -0.25) is 0 Å². The Hall–Kier alpha value is -0.580. The second-order valence-electron chi connectivity index (χ2n) is 4.96. The molecule has 2 rings (SSSR count). The smallest absolute Gasteiger partial charge is 0.125 e. The van der Waals surface area contributed by atoms with Crippen molar-refractivity contribution in [3.63, 3.8) is 0 Å². The molecule has 0 fully saturated rings. The van der Waals surface area contributed by atoms with Gasteiger partial charge in [-0.15, -0.1) is 0 Å². The minimum atomic E-state index is -0.499. The Kier molecular flexibility index (Phi) is 3.76. The highest BCUT2D eigenvalue weighted by atomic mass is 79.9. The Balaban J connectivity index is 2.33. The summed E-state index contributed by atoms with van der Waals surface area (Å²) in [5.74, 6) is 0.932. The Labute approximate surface area is 110 Å². The summed E-state index contributed by atoms with van der Waals surface area (Å²) in [5.41, 5.74) is 1.76. The molecule has 0 aromatic heterocycles. The topological polar surface area (TPSA) is 49.7 Å². The van der Waals surface area contributed by atoms with E-state index in [9.17, 15) is 10.2 Å². The molecule has 0 saturated carbocycles. The molecule has 1 aliphatic rings. The Bertz CT molecular complexity index is 413. The molecule has 2 N–H and O–H groups in total. The first-order chi connectivity index (χ1) is 8.08. The van der Waals surface area contributed by atoms with Crippen LogP contribution >= 0.6 is 15.9 Å². The number of aliphatic hydroxyl groups is 2. The quantitative estimate of drug-likeness (QED) is 0.893. The van der Waals surface area contributed by atoms with E-state index in [0.29, 0.717) is 13.0 Å². The highest BCUT2D eigenvalue weighted by Gasteiger charge is 2.27. The van der Waals surface area contributed by atoms with Gasteiger partial charge >= 0.3 is 0 Å². The van der Waals surface area contributed by atoms with Crippen LogP contribution < -0.4 is 4.74 Å². The van der Waals surface area contributed by atoms with E-state index in [-0.39, 0.29) is 13.2 Å². The molecule has 0 radical (unpaired) electrons. The molecule has 94 valence electrons. The van der Waals surface area contributed by atoms with Crippen molar-refractivity contribution in [3.8, 4) is 5.75 Å². The normalized spacial score (nSPS) is 14.6. The fourth-order valence-corrected chi connectivity index (χ4v) is 2.65. The zero-order chi connectivity index (χ0) is 12.5. The number of ether oxygens (including phenoxy) is 1. The third-order valence-electron chi connectivity index (χ3n) is 3.21. The molecular weight excluding hydrogens is 284 g/mol. The average molecular weight is 301 g/mol. The maximum Gasteiger partial charge on any atom is 0.125 e. The van der Waals surface area contributed by atoms with Crippen molar-refractivity contribution in [1.29, 1.82) is 0 Å². The van der Waals surface area contributed by atoms with E-state index in [1.807, 2.05) is 13.0 Å². The van der Waals surface area contributed by atoms with E-state index >= 15 is 0 Å². The Morgan fingerprint density at radius 3 is 2.71 bits per heavy atom. The van der Waals surface area contributed by atoms with E-state index in [4.69, 9.17) is 4.74 Å². The highest BCUT2D eigenvalue weighted by molar-refractivity contribution is 9.10.